The maximum Gasteiger partial charge on any atom is 0.271 e. The topological polar surface area (TPSA) is 76.0 Å². The van der Waals surface area contributed by atoms with Crippen LogP contribution in [0.4, 0.5) is 0 Å². The second kappa shape index (κ2) is 9.70. The molecule has 7 heteroatoms. The fraction of sp³-hybridized carbons (Fsp3) is 0.207. The minimum absolute atomic E-state index is 0.00810. The van der Waals surface area contributed by atoms with Crippen molar-refractivity contribution >= 4 is 16.9 Å². The molecule has 1 saturated heterocycles. The minimum Gasteiger partial charge on any atom is -0.486 e. The lowest BCUT2D eigenvalue weighted by atomic mass is 10.0. The van der Waals surface area contributed by atoms with Crippen molar-refractivity contribution in [3.63, 3.8) is 0 Å². The van der Waals surface area contributed by atoms with Crippen LogP contribution in [0, 0.1) is 0 Å². The summed E-state index contributed by atoms with van der Waals surface area (Å²) in [5, 5.41) is 7.28. The molecule has 2 aromatic heterocycles. The number of para-hydroxylation sites is 3. The van der Waals surface area contributed by atoms with Gasteiger partial charge in [0.05, 0.1) is 16.7 Å². The van der Waals surface area contributed by atoms with E-state index in [0.717, 1.165) is 46.7 Å². The van der Waals surface area contributed by atoms with Gasteiger partial charge >= 0.3 is 0 Å². The molecule has 3 aromatic carbocycles. The molecular formula is C29H27N5O2. The fourth-order valence-corrected chi connectivity index (χ4v) is 4.95. The van der Waals surface area contributed by atoms with Crippen molar-refractivity contribution in [3.8, 4) is 17.0 Å². The van der Waals surface area contributed by atoms with Crippen LogP contribution in [0.3, 0.4) is 0 Å². The standard InChI is InChI=1S/C29H27N5O2/c35-29(26-19-25(31-32-26)21-9-3-1-4-10-21)33-17-15-22(16-18-33)34-27-14-8-7-13-24(27)30-28(34)20-36-23-11-5-2-6-12-23/h1-14,19,22H,15-18,20H2,(H,31,32). The van der Waals surface area contributed by atoms with E-state index in [1.165, 1.54) is 0 Å². The molecule has 0 bridgehead atoms. The fourth-order valence-electron chi connectivity index (χ4n) is 4.95. The Kier molecular flexibility index (Phi) is 5.95. The highest BCUT2D eigenvalue weighted by molar-refractivity contribution is 5.93. The number of nitrogens with one attached hydrogen (secondary N) is 1. The van der Waals surface area contributed by atoms with Gasteiger partial charge in [0.1, 0.15) is 23.9 Å². The van der Waals surface area contributed by atoms with Gasteiger partial charge in [0.15, 0.2) is 0 Å². The highest BCUT2D eigenvalue weighted by Gasteiger charge is 2.28. The number of nitrogens with zero attached hydrogens (tertiary/aromatic N) is 4. The molecule has 36 heavy (non-hydrogen) atoms. The number of hydrogen-bond acceptors (Lipinski definition) is 4. The first-order chi connectivity index (χ1) is 17.8. The monoisotopic (exact) mass is 477 g/mol. The molecule has 1 fully saturated rings. The molecule has 1 amide bonds. The number of rotatable bonds is 6. The Hall–Kier alpha value is -4.39. The molecule has 5 aromatic rings. The molecule has 1 N–H and O–H groups in total. The van der Waals surface area contributed by atoms with Crippen LogP contribution in [0.1, 0.15) is 35.2 Å². The smallest absolute Gasteiger partial charge is 0.271 e. The predicted molar refractivity (Wildman–Crippen MR) is 139 cm³/mol. The summed E-state index contributed by atoms with van der Waals surface area (Å²) in [7, 11) is 0. The number of aromatic nitrogens is 4. The first-order valence-corrected chi connectivity index (χ1v) is 12.3. The Morgan fingerprint density at radius 3 is 2.39 bits per heavy atom. The minimum atomic E-state index is -0.00810. The largest absolute Gasteiger partial charge is 0.486 e. The molecular weight excluding hydrogens is 450 g/mol. The van der Waals surface area contributed by atoms with Gasteiger partial charge in [-0.05, 0) is 43.2 Å². The zero-order valence-corrected chi connectivity index (χ0v) is 19.9. The Balaban J connectivity index is 1.17. The van der Waals surface area contributed by atoms with E-state index in [9.17, 15) is 4.79 Å². The van der Waals surface area contributed by atoms with Crippen LogP contribution in [0.25, 0.3) is 22.3 Å². The molecule has 0 radical (unpaired) electrons. The molecule has 3 heterocycles. The lowest BCUT2D eigenvalue weighted by molar-refractivity contribution is 0.0688. The maximum atomic E-state index is 13.2. The summed E-state index contributed by atoms with van der Waals surface area (Å²) in [5.41, 5.74) is 4.37. The summed E-state index contributed by atoms with van der Waals surface area (Å²) in [5.74, 6) is 1.73. The van der Waals surface area contributed by atoms with E-state index in [1.54, 1.807) is 0 Å². The number of carbonyl (C=O) groups is 1. The number of aromatic amines is 1. The summed E-state index contributed by atoms with van der Waals surface area (Å²) in [4.78, 5) is 20.0. The van der Waals surface area contributed by atoms with Crippen molar-refractivity contribution in [2.75, 3.05) is 13.1 Å². The number of fused-ring (bicyclic) bond motifs is 1. The second-order valence-electron chi connectivity index (χ2n) is 9.04. The molecule has 0 atom stereocenters. The molecule has 0 aliphatic carbocycles. The molecule has 1 aliphatic rings. The molecule has 180 valence electrons. The lowest BCUT2D eigenvalue weighted by Gasteiger charge is -2.33. The molecule has 6 rings (SSSR count). The summed E-state index contributed by atoms with van der Waals surface area (Å²) >= 11 is 0. The second-order valence-corrected chi connectivity index (χ2v) is 9.04. The van der Waals surface area contributed by atoms with E-state index in [1.807, 2.05) is 89.8 Å². The molecule has 7 nitrogen and oxygen atoms in total. The summed E-state index contributed by atoms with van der Waals surface area (Å²) in [6.45, 7) is 1.75. The first-order valence-electron chi connectivity index (χ1n) is 12.3. The van der Waals surface area contributed by atoms with Crippen molar-refractivity contribution < 1.29 is 9.53 Å². The van der Waals surface area contributed by atoms with Crippen LogP contribution in [-0.2, 0) is 6.61 Å². The number of carbonyl (C=O) groups excluding carboxylic acids is 1. The number of ether oxygens (including phenoxy) is 1. The van der Waals surface area contributed by atoms with Crippen LogP contribution in [-0.4, -0.2) is 43.6 Å². The van der Waals surface area contributed by atoms with E-state index in [4.69, 9.17) is 9.72 Å². The first kappa shape index (κ1) is 22.1. The normalized spacial score (nSPS) is 14.3. The number of hydrogen-bond donors (Lipinski definition) is 1. The predicted octanol–water partition coefficient (Wildman–Crippen LogP) is 5.48. The van der Waals surface area contributed by atoms with Crippen LogP contribution in [0.2, 0.25) is 0 Å². The molecule has 0 saturated carbocycles. The SMILES string of the molecule is O=C(c1cc(-c2ccccc2)n[nH]1)N1CCC(n2c(COc3ccccc3)nc3ccccc32)CC1. The lowest BCUT2D eigenvalue weighted by Crippen LogP contribution is -2.39. The highest BCUT2D eigenvalue weighted by atomic mass is 16.5. The van der Waals surface area contributed by atoms with Crippen molar-refractivity contribution in [1.82, 2.24) is 24.6 Å². The Labute approximate surface area is 209 Å². The third-order valence-electron chi connectivity index (χ3n) is 6.77. The van der Waals surface area contributed by atoms with Gasteiger partial charge < -0.3 is 14.2 Å². The van der Waals surface area contributed by atoms with Gasteiger partial charge in [-0.1, -0.05) is 60.7 Å². The number of imidazole rings is 1. The van der Waals surface area contributed by atoms with E-state index >= 15 is 0 Å². The van der Waals surface area contributed by atoms with E-state index < -0.39 is 0 Å². The number of benzene rings is 3. The maximum absolute atomic E-state index is 13.2. The highest BCUT2D eigenvalue weighted by Crippen LogP contribution is 2.30. The zero-order chi connectivity index (χ0) is 24.3. The van der Waals surface area contributed by atoms with Gasteiger partial charge in [0.25, 0.3) is 5.91 Å². The van der Waals surface area contributed by atoms with E-state index in [-0.39, 0.29) is 11.9 Å². The Bertz CT molecular complexity index is 1470. The number of H-pyrrole nitrogens is 1. The van der Waals surface area contributed by atoms with Crippen molar-refractivity contribution in [2.24, 2.45) is 0 Å². The number of piperidine rings is 1. The van der Waals surface area contributed by atoms with Crippen molar-refractivity contribution in [1.29, 1.82) is 0 Å². The average Bonchev–Trinajstić information content (AvgIpc) is 3.58. The quantitative estimate of drug-likeness (QED) is 0.351. The van der Waals surface area contributed by atoms with Gasteiger partial charge in [0.2, 0.25) is 0 Å². The molecule has 0 spiro atoms. The van der Waals surface area contributed by atoms with Gasteiger partial charge in [-0.25, -0.2) is 4.98 Å². The Morgan fingerprint density at radius 1 is 0.917 bits per heavy atom. The van der Waals surface area contributed by atoms with Crippen LogP contribution >= 0.6 is 0 Å². The summed E-state index contributed by atoms with van der Waals surface area (Å²) in [6, 6.07) is 30.0. The summed E-state index contributed by atoms with van der Waals surface area (Å²) in [6.07, 6.45) is 1.70. The Morgan fingerprint density at radius 2 is 1.61 bits per heavy atom. The summed E-state index contributed by atoms with van der Waals surface area (Å²) < 4.78 is 8.36. The van der Waals surface area contributed by atoms with Crippen LogP contribution < -0.4 is 4.74 Å². The third-order valence-corrected chi connectivity index (χ3v) is 6.77. The van der Waals surface area contributed by atoms with Crippen molar-refractivity contribution in [2.45, 2.75) is 25.5 Å². The van der Waals surface area contributed by atoms with Gasteiger partial charge in [-0.2, -0.15) is 5.10 Å². The van der Waals surface area contributed by atoms with Crippen LogP contribution in [0.5, 0.6) is 5.75 Å². The number of likely N-dealkylation sites (tertiary alicyclic amines) is 1. The molecule has 0 unspecified atom stereocenters. The van der Waals surface area contributed by atoms with Gasteiger partial charge in [0, 0.05) is 24.7 Å². The van der Waals surface area contributed by atoms with E-state index in [2.05, 4.69) is 20.8 Å². The zero-order valence-electron chi connectivity index (χ0n) is 19.9. The average molecular weight is 478 g/mol. The van der Waals surface area contributed by atoms with Gasteiger partial charge in [-0.3, -0.25) is 9.89 Å². The van der Waals surface area contributed by atoms with E-state index in [0.29, 0.717) is 25.4 Å². The van der Waals surface area contributed by atoms with Gasteiger partial charge in [-0.15, -0.1) is 0 Å². The third kappa shape index (κ3) is 4.35. The molecule has 1 aliphatic heterocycles. The van der Waals surface area contributed by atoms with Crippen LogP contribution in [0.15, 0.2) is 91.0 Å². The van der Waals surface area contributed by atoms with Crippen molar-refractivity contribution in [3.05, 3.63) is 103 Å². The number of amides is 1.